The molecule has 0 aliphatic heterocycles. The van der Waals surface area contributed by atoms with Gasteiger partial charge in [0.25, 0.3) is 0 Å². The van der Waals surface area contributed by atoms with E-state index >= 15 is 0 Å². The van der Waals surface area contributed by atoms with E-state index in [1.54, 1.807) is 11.3 Å². The van der Waals surface area contributed by atoms with E-state index in [4.69, 9.17) is 11.6 Å². The smallest absolute Gasteiger partial charge is 0.187 e. The molecule has 80 valence electrons. The van der Waals surface area contributed by atoms with Crippen molar-refractivity contribution in [3.8, 4) is 0 Å². The Morgan fingerprint density at radius 2 is 2.27 bits per heavy atom. The van der Waals surface area contributed by atoms with E-state index in [-0.39, 0.29) is 0 Å². The lowest BCUT2D eigenvalue weighted by molar-refractivity contribution is 0.789. The molecule has 2 heterocycles. The number of halogens is 1. The van der Waals surface area contributed by atoms with Crippen LogP contribution in [0.1, 0.15) is 36.0 Å². The van der Waals surface area contributed by atoms with Gasteiger partial charge in [0.05, 0.1) is 0 Å². The van der Waals surface area contributed by atoms with Crippen molar-refractivity contribution in [2.45, 2.75) is 31.6 Å². The third kappa shape index (κ3) is 1.74. The molecule has 1 saturated carbocycles. The van der Waals surface area contributed by atoms with E-state index in [2.05, 4.69) is 15.3 Å². The zero-order valence-electron chi connectivity index (χ0n) is 8.19. The lowest BCUT2D eigenvalue weighted by atomic mass is 10.4. The molecule has 2 aromatic heterocycles. The highest BCUT2D eigenvalue weighted by molar-refractivity contribution is 7.16. The minimum absolute atomic E-state index is 0.600. The first kappa shape index (κ1) is 9.54. The number of nitrogens with zero attached hydrogens (tertiary/aromatic N) is 4. The number of alkyl halides is 1. The zero-order valence-corrected chi connectivity index (χ0v) is 9.76. The van der Waals surface area contributed by atoms with Gasteiger partial charge in [-0.25, -0.2) is 0 Å². The van der Waals surface area contributed by atoms with Gasteiger partial charge in [-0.2, -0.15) is 9.61 Å². The van der Waals surface area contributed by atoms with Gasteiger partial charge in [0, 0.05) is 18.2 Å². The van der Waals surface area contributed by atoms with Gasteiger partial charge in [0.15, 0.2) is 5.82 Å². The third-order valence-corrected chi connectivity index (χ3v) is 3.75. The second-order valence-corrected chi connectivity index (χ2v) is 5.23. The predicted octanol–water partition coefficient (Wildman–Crippen LogP) is 2.23. The summed E-state index contributed by atoms with van der Waals surface area (Å²) in [6.45, 7) is 0. The van der Waals surface area contributed by atoms with Crippen LogP contribution in [-0.4, -0.2) is 25.7 Å². The summed E-state index contributed by atoms with van der Waals surface area (Å²) in [5, 5.41) is 14.0. The molecule has 0 saturated heterocycles. The number of aromatic nitrogens is 4. The maximum Gasteiger partial charge on any atom is 0.234 e. The van der Waals surface area contributed by atoms with Gasteiger partial charge >= 0.3 is 0 Å². The molecule has 4 nitrogen and oxygen atoms in total. The van der Waals surface area contributed by atoms with Crippen LogP contribution >= 0.6 is 22.9 Å². The van der Waals surface area contributed by atoms with Gasteiger partial charge in [-0.1, -0.05) is 11.3 Å². The van der Waals surface area contributed by atoms with E-state index in [0.717, 1.165) is 28.6 Å². The molecule has 6 heteroatoms. The maximum atomic E-state index is 5.66. The Morgan fingerprint density at radius 3 is 3.00 bits per heavy atom. The Kier molecular flexibility index (Phi) is 2.36. The number of rotatable bonds is 4. The van der Waals surface area contributed by atoms with Crippen LogP contribution in [-0.2, 0) is 6.42 Å². The topological polar surface area (TPSA) is 43.1 Å². The highest BCUT2D eigenvalue weighted by Gasteiger charge is 2.29. The fourth-order valence-electron chi connectivity index (χ4n) is 1.59. The average molecular weight is 243 g/mol. The molecule has 15 heavy (non-hydrogen) atoms. The first-order valence-electron chi connectivity index (χ1n) is 5.15. The highest BCUT2D eigenvalue weighted by Crippen LogP contribution is 2.39. The van der Waals surface area contributed by atoms with Crippen LogP contribution in [0, 0.1) is 0 Å². The second kappa shape index (κ2) is 3.72. The molecule has 0 aromatic carbocycles. The van der Waals surface area contributed by atoms with Gasteiger partial charge in [-0.05, 0) is 19.3 Å². The number of hydrogen-bond donors (Lipinski definition) is 0. The molecule has 3 rings (SSSR count). The van der Waals surface area contributed by atoms with Crippen molar-refractivity contribution >= 4 is 27.9 Å². The molecular weight excluding hydrogens is 232 g/mol. The fraction of sp³-hybridized carbons (Fsp3) is 0.667. The number of fused-ring (bicyclic) bond motifs is 1. The third-order valence-electron chi connectivity index (χ3n) is 2.52. The number of aryl methyl sites for hydroxylation is 1. The fourth-order valence-corrected chi connectivity index (χ4v) is 2.60. The van der Waals surface area contributed by atoms with Crippen molar-refractivity contribution in [2.24, 2.45) is 0 Å². The summed E-state index contributed by atoms with van der Waals surface area (Å²) in [4.78, 5) is 0.918. The van der Waals surface area contributed by atoms with Gasteiger partial charge < -0.3 is 0 Å². The van der Waals surface area contributed by atoms with Crippen LogP contribution in [0.2, 0.25) is 0 Å². The normalized spacial score (nSPS) is 16.3. The van der Waals surface area contributed by atoms with Crippen molar-refractivity contribution in [2.75, 3.05) is 5.88 Å². The summed E-state index contributed by atoms with van der Waals surface area (Å²) in [6.07, 6.45) is 4.39. The average Bonchev–Trinajstić information content (AvgIpc) is 2.88. The van der Waals surface area contributed by atoms with E-state index in [0.29, 0.717) is 11.8 Å². The van der Waals surface area contributed by atoms with Crippen LogP contribution in [0.15, 0.2) is 0 Å². The highest BCUT2D eigenvalue weighted by atomic mass is 35.5. The molecule has 0 amide bonds. The summed E-state index contributed by atoms with van der Waals surface area (Å²) >= 11 is 7.28. The summed E-state index contributed by atoms with van der Waals surface area (Å²) < 4.78 is 1.91. The molecule has 0 unspecified atom stereocenters. The molecule has 1 aliphatic carbocycles. The molecular formula is C9H11ClN4S. The van der Waals surface area contributed by atoms with E-state index in [1.165, 1.54) is 12.8 Å². The molecule has 0 spiro atoms. The maximum absolute atomic E-state index is 5.66. The van der Waals surface area contributed by atoms with Crippen molar-refractivity contribution in [1.29, 1.82) is 0 Å². The Hall–Kier alpha value is -0.680. The lowest BCUT2D eigenvalue weighted by Gasteiger charge is -1.91. The van der Waals surface area contributed by atoms with Gasteiger partial charge in [-0.15, -0.1) is 21.8 Å². The SMILES string of the molecule is ClCCCc1nn2c(C3CC3)nnc2s1. The molecule has 2 aromatic rings. The number of hydrogen-bond acceptors (Lipinski definition) is 4. The molecule has 0 atom stereocenters. The second-order valence-electron chi connectivity index (χ2n) is 3.82. The van der Waals surface area contributed by atoms with Crippen LogP contribution < -0.4 is 0 Å². The molecule has 0 bridgehead atoms. The van der Waals surface area contributed by atoms with Crippen molar-refractivity contribution in [3.05, 3.63) is 10.8 Å². The van der Waals surface area contributed by atoms with Gasteiger partial charge in [-0.3, -0.25) is 0 Å². The Labute approximate surface area is 96.3 Å². The Balaban J connectivity index is 1.92. The van der Waals surface area contributed by atoms with Crippen molar-refractivity contribution in [3.63, 3.8) is 0 Å². The van der Waals surface area contributed by atoms with Crippen molar-refractivity contribution in [1.82, 2.24) is 19.8 Å². The summed E-state index contributed by atoms with van der Waals surface area (Å²) in [6, 6.07) is 0. The predicted molar refractivity (Wildman–Crippen MR) is 59.7 cm³/mol. The minimum Gasteiger partial charge on any atom is -0.187 e. The van der Waals surface area contributed by atoms with Crippen molar-refractivity contribution < 1.29 is 0 Å². The standard InChI is InChI=1S/C9H11ClN4S/c10-5-1-2-7-13-14-8(6-3-4-6)11-12-9(14)15-7/h6H,1-5H2. The van der Waals surface area contributed by atoms with Gasteiger partial charge in [0.1, 0.15) is 5.01 Å². The summed E-state index contributed by atoms with van der Waals surface area (Å²) in [7, 11) is 0. The lowest BCUT2D eigenvalue weighted by Crippen LogP contribution is -1.95. The Morgan fingerprint density at radius 1 is 1.40 bits per heavy atom. The molecule has 1 aliphatic rings. The van der Waals surface area contributed by atoms with Crippen LogP contribution in [0.4, 0.5) is 0 Å². The van der Waals surface area contributed by atoms with Crippen LogP contribution in [0.3, 0.4) is 0 Å². The first-order valence-corrected chi connectivity index (χ1v) is 6.50. The summed E-state index contributed by atoms with van der Waals surface area (Å²) in [5.74, 6) is 2.33. The zero-order chi connectivity index (χ0) is 10.3. The van der Waals surface area contributed by atoms with E-state index in [1.807, 2.05) is 4.52 Å². The first-order chi connectivity index (χ1) is 7.38. The summed E-state index contributed by atoms with van der Waals surface area (Å²) in [5.41, 5.74) is 0. The molecule has 0 N–H and O–H groups in total. The Bertz CT molecular complexity index is 473. The monoisotopic (exact) mass is 242 g/mol. The van der Waals surface area contributed by atoms with Gasteiger partial charge in [0.2, 0.25) is 4.96 Å². The van der Waals surface area contributed by atoms with Crippen LogP contribution in [0.25, 0.3) is 4.96 Å². The molecule has 1 fully saturated rings. The largest absolute Gasteiger partial charge is 0.234 e. The van der Waals surface area contributed by atoms with E-state index < -0.39 is 0 Å². The minimum atomic E-state index is 0.600. The molecule has 0 radical (unpaired) electrons. The van der Waals surface area contributed by atoms with E-state index in [9.17, 15) is 0 Å². The van der Waals surface area contributed by atoms with Crippen LogP contribution in [0.5, 0.6) is 0 Å². The quantitative estimate of drug-likeness (QED) is 0.773.